The molecule has 188 valence electrons. The Morgan fingerprint density at radius 2 is 1.70 bits per heavy atom. The maximum absolute atomic E-state index is 13.7. The fourth-order valence-electron chi connectivity index (χ4n) is 3.36. The van der Waals surface area contributed by atoms with Gasteiger partial charge < -0.3 is 20.7 Å². The summed E-state index contributed by atoms with van der Waals surface area (Å²) in [6.07, 6.45) is 1.38. The van der Waals surface area contributed by atoms with Crippen LogP contribution in [-0.2, 0) is 14.4 Å². The van der Waals surface area contributed by atoms with Gasteiger partial charge in [0.1, 0.15) is 23.8 Å². The van der Waals surface area contributed by atoms with Gasteiger partial charge in [-0.15, -0.1) is 0 Å². The van der Waals surface area contributed by atoms with Gasteiger partial charge in [-0.05, 0) is 48.0 Å². The van der Waals surface area contributed by atoms with Gasteiger partial charge in [-0.3, -0.25) is 14.4 Å². The van der Waals surface area contributed by atoms with E-state index in [4.69, 9.17) is 16.3 Å². The van der Waals surface area contributed by atoms with Gasteiger partial charge in [0, 0.05) is 5.69 Å². The van der Waals surface area contributed by atoms with Crippen LogP contribution in [0.2, 0.25) is 5.02 Å². The van der Waals surface area contributed by atoms with E-state index in [-0.39, 0.29) is 34.7 Å². The molecule has 4 rings (SSSR count). The average Bonchev–Trinajstić information content (AvgIpc) is 3.12. The zero-order chi connectivity index (χ0) is 26.4. The predicted molar refractivity (Wildman–Crippen MR) is 135 cm³/mol. The van der Waals surface area contributed by atoms with Gasteiger partial charge in [-0.25, -0.2) is 14.1 Å². The van der Waals surface area contributed by atoms with Crippen molar-refractivity contribution in [3.63, 3.8) is 0 Å². The molecule has 0 bridgehead atoms. The number of nitrogens with zero attached hydrogens (tertiary/aromatic N) is 1. The highest BCUT2D eigenvalue weighted by Gasteiger charge is 2.35. The van der Waals surface area contributed by atoms with Crippen molar-refractivity contribution in [2.75, 3.05) is 23.8 Å². The van der Waals surface area contributed by atoms with E-state index in [0.29, 0.717) is 16.2 Å². The second-order valence-corrected chi connectivity index (χ2v) is 8.21. The number of anilines is 2. The molecule has 0 unspecified atom stereocenters. The summed E-state index contributed by atoms with van der Waals surface area (Å²) in [5.41, 5.74) is 0.957. The normalized spacial score (nSPS) is 13.9. The van der Waals surface area contributed by atoms with Crippen LogP contribution >= 0.6 is 11.6 Å². The Balaban J connectivity index is 1.36. The fraction of sp³-hybridized carbons (Fsp3) is 0.0769. The smallest absolute Gasteiger partial charge is 0.329 e. The number of hydrogen-bond donors (Lipinski definition) is 3. The lowest BCUT2D eigenvalue weighted by molar-refractivity contribution is -0.127. The van der Waals surface area contributed by atoms with Crippen LogP contribution in [-0.4, -0.2) is 41.8 Å². The molecule has 37 heavy (non-hydrogen) atoms. The van der Waals surface area contributed by atoms with Crippen LogP contribution in [0.25, 0.3) is 6.08 Å². The number of ether oxygens (including phenoxy) is 1. The van der Waals surface area contributed by atoms with Crippen LogP contribution in [0.4, 0.5) is 20.6 Å². The summed E-state index contributed by atoms with van der Waals surface area (Å²) in [7, 11) is 0. The number of nitrogens with one attached hydrogen (secondary N) is 3. The van der Waals surface area contributed by atoms with Crippen molar-refractivity contribution in [1.29, 1.82) is 0 Å². The minimum atomic E-state index is -0.796. The standard InChI is InChI=1S/C26H20ClFN4O5/c27-18-12-16(10-11-22(18)37-15-24(34)29-17-6-2-1-3-7-17)13-21-25(35)32(26(36)31-21)14-23(33)30-20-9-5-4-8-19(20)28/h1-13H,14-15H2,(H,29,34)(H,30,33)(H,31,36)/b21-13+. The predicted octanol–water partition coefficient (Wildman–Crippen LogP) is 4.03. The van der Waals surface area contributed by atoms with Crippen molar-refractivity contribution < 1.29 is 28.3 Å². The summed E-state index contributed by atoms with van der Waals surface area (Å²) in [5.74, 6) is -2.24. The number of amides is 5. The number of para-hydroxylation sites is 2. The number of carbonyl (C=O) groups excluding carboxylic acids is 4. The molecule has 1 heterocycles. The highest BCUT2D eigenvalue weighted by molar-refractivity contribution is 6.32. The van der Waals surface area contributed by atoms with E-state index < -0.39 is 30.2 Å². The fourth-order valence-corrected chi connectivity index (χ4v) is 3.61. The highest BCUT2D eigenvalue weighted by atomic mass is 35.5. The molecule has 0 aliphatic carbocycles. The van der Waals surface area contributed by atoms with Crippen LogP contribution in [0.5, 0.6) is 5.75 Å². The molecule has 11 heteroatoms. The van der Waals surface area contributed by atoms with Crippen LogP contribution in [0.1, 0.15) is 5.56 Å². The number of imide groups is 1. The SMILES string of the molecule is O=C(COc1ccc(/C=C2/NC(=O)N(CC(=O)Nc3ccccc3F)C2=O)cc1Cl)Nc1ccccc1. The molecule has 9 nitrogen and oxygen atoms in total. The van der Waals surface area contributed by atoms with Gasteiger partial charge in [0.2, 0.25) is 5.91 Å². The number of rotatable bonds is 8. The van der Waals surface area contributed by atoms with Crippen LogP contribution in [0.3, 0.4) is 0 Å². The van der Waals surface area contributed by atoms with Gasteiger partial charge in [0.25, 0.3) is 11.8 Å². The topological polar surface area (TPSA) is 117 Å². The van der Waals surface area contributed by atoms with Crippen LogP contribution in [0.15, 0.2) is 78.5 Å². The third-order valence-electron chi connectivity index (χ3n) is 5.10. The maximum Gasteiger partial charge on any atom is 0.329 e. The molecule has 1 saturated heterocycles. The number of carbonyl (C=O) groups is 4. The zero-order valence-electron chi connectivity index (χ0n) is 19.2. The Labute approximate surface area is 215 Å². The Hall–Kier alpha value is -4.70. The van der Waals surface area contributed by atoms with Crippen molar-refractivity contribution in [2.45, 2.75) is 0 Å². The van der Waals surface area contributed by atoms with Gasteiger partial charge in [-0.2, -0.15) is 0 Å². The molecule has 1 aliphatic heterocycles. The molecular formula is C26H20ClFN4O5. The summed E-state index contributed by atoms with van der Waals surface area (Å²) in [5, 5.41) is 7.59. The average molecular weight is 523 g/mol. The third kappa shape index (κ3) is 6.50. The molecule has 3 aromatic rings. The molecule has 0 atom stereocenters. The Morgan fingerprint density at radius 3 is 2.43 bits per heavy atom. The summed E-state index contributed by atoms with van der Waals surface area (Å²) in [4.78, 5) is 49.9. The molecule has 3 N–H and O–H groups in total. The summed E-state index contributed by atoms with van der Waals surface area (Å²) >= 11 is 6.26. The lowest BCUT2D eigenvalue weighted by Crippen LogP contribution is -2.38. The third-order valence-corrected chi connectivity index (χ3v) is 5.39. The minimum Gasteiger partial charge on any atom is -0.482 e. The molecule has 1 fully saturated rings. The summed E-state index contributed by atoms with van der Waals surface area (Å²) in [6, 6.07) is 18.2. The molecule has 0 aromatic heterocycles. The van der Waals surface area contributed by atoms with E-state index in [1.165, 1.54) is 42.5 Å². The summed E-state index contributed by atoms with van der Waals surface area (Å²) in [6.45, 7) is -0.873. The van der Waals surface area contributed by atoms with E-state index in [2.05, 4.69) is 16.0 Å². The first-order valence-corrected chi connectivity index (χ1v) is 11.3. The molecular weight excluding hydrogens is 503 g/mol. The van der Waals surface area contributed by atoms with Gasteiger partial charge in [0.15, 0.2) is 6.61 Å². The molecule has 0 spiro atoms. The first-order chi connectivity index (χ1) is 17.8. The largest absolute Gasteiger partial charge is 0.482 e. The van der Waals surface area contributed by atoms with Crippen LogP contribution < -0.4 is 20.7 Å². The van der Waals surface area contributed by atoms with Crippen molar-refractivity contribution >= 4 is 52.8 Å². The number of hydrogen-bond acceptors (Lipinski definition) is 5. The van der Waals surface area contributed by atoms with E-state index in [0.717, 1.165) is 0 Å². The summed E-state index contributed by atoms with van der Waals surface area (Å²) < 4.78 is 19.2. The van der Waals surface area contributed by atoms with E-state index in [1.807, 2.05) is 6.07 Å². The lowest BCUT2D eigenvalue weighted by Gasteiger charge is -2.12. The first kappa shape index (κ1) is 25.4. The van der Waals surface area contributed by atoms with Gasteiger partial charge in [0.05, 0.1) is 10.7 Å². The molecule has 3 aromatic carbocycles. The Morgan fingerprint density at radius 1 is 0.973 bits per heavy atom. The van der Waals surface area contributed by atoms with Crippen molar-refractivity contribution in [3.05, 3.63) is 94.9 Å². The van der Waals surface area contributed by atoms with Crippen molar-refractivity contribution in [1.82, 2.24) is 10.2 Å². The van der Waals surface area contributed by atoms with E-state index >= 15 is 0 Å². The van der Waals surface area contributed by atoms with Crippen LogP contribution in [0, 0.1) is 5.82 Å². The molecule has 0 saturated carbocycles. The van der Waals surface area contributed by atoms with Gasteiger partial charge in [-0.1, -0.05) is 48.0 Å². The number of halogens is 2. The first-order valence-electron chi connectivity index (χ1n) is 11.0. The lowest BCUT2D eigenvalue weighted by atomic mass is 10.2. The molecule has 1 aliphatic rings. The Kier molecular flexibility index (Phi) is 7.80. The zero-order valence-corrected chi connectivity index (χ0v) is 19.9. The molecule has 0 radical (unpaired) electrons. The second-order valence-electron chi connectivity index (χ2n) is 7.80. The Bertz CT molecular complexity index is 1400. The van der Waals surface area contributed by atoms with E-state index in [1.54, 1.807) is 30.3 Å². The second kappa shape index (κ2) is 11.4. The van der Waals surface area contributed by atoms with Gasteiger partial charge >= 0.3 is 6.03 Å². The quantitative estimate of drug-likeness (QED) is 0.305. The molecule has 5 amide bonds. The van der Waals surface area contributed by atoms with Crippen molar-refractivity contribution in [3.8, 4) is 5.75 Å². The maximum atomic E-state index is 13.7. The highest BCUT2D eigenvalue weighted by Crippen LogP contribution is 2.27. The minimum absolute atomic E-state index is 0.0650. The van der Waals surface area contributed by atoms with E-state index in [9.17, 15) is 23.6 Å². The number of urea groups is 1. The van der Waals surface area contributed by atoms with Crippen molar-refractivity contribution in [2.24, 2.45) is 0 Å². The number of benzene rings is 3. The monoisotopic (exact) mass is 522 g/mol.